The molecule has 3 rings (SSSR count). The number of phenols is 5. The number of hydrogen-bond acceptors (Lipinski definition) is 7. The Morgan fingerprint density at radius 1 is 0.913 bits per heavy atom. The molecule has 8 heteroatoms. The number of ether oxygens (including phenoxy) is 1. The second-order valence-corrected chi connectivity index (χ2v) is 4.90. The van der Waals surface area contributed by atoms with E-state index in [1.165, 1.54) is 12.1 Å². The average Bonchev–Trinajstić information content (AvgIpc) is 2.46. The smallest absolute Gasteiger partial charge is 0.200 e. The summed E-state index contributed by atoms with van der Waals surface area (Å²) in [5.74, 6) is -2.46. The van der Waals surface area contributed by atoms with E-state index in [1.54, 1.807) is 0 Å². The molecule has 0 fully saturated rings. The zero-order chi connectivity index (χ0) is 17.1. The molecule has 0 aromatic heterocycles. The molecule has 1 aliphatic rings. The van der Waals surface area contributed by atoms with E-state index in [4.69, 9.17) is 25.2 Å². The first-order valence-corrected chi connectivity index (χ1v) is 6.54. The standard InChI is InChI=1S/C9H10O4.C6H5FO3/c10-5-2-8(12)7-1-6(11)4-13-9(7)3-5;7-3-1-4(8)6(10)5(9)2-3/h2-3,6,10-12H,1,4H2;1-2,8-10H. The summed E-state index contributed by atoms with van der Waals surface area (Å²) in [6.45, 7) is 0.204. The van der Waals surface area contributed by atoms with Crippen molar-refractivity contribution in [3.63, 3.8) is 0 Å². The highest BCUT2D eigenvalue weighted by Crippen LogP contribution is 2.36. The molecule has 1 heterocycles. The molecule has 1 unspecified atom stereocenters. The van der Waals surface area contributed by atoms with Gasteiger partial charge in [-0.15, -0.1) is 0 Å². The van der Waals surface area contributed by atoms with Crippen molar-refractivity contribution in [3.8, 4) is 34.5 Å². The van der Waals surface area contributed by atoms with Crippen molar-refractivity contribution in [2.24, 2.45) is 0 Å². The third kappa shape index (κ3) is 3.86. The van der Waals surface area contributed by atoms with Gasteiger partial charge in [-0.05, 0) is 0 Å². The van der Waals surface area contributed by atoms with E-state index in [2.05, 4.69) is 0 Å². The van der Waals surface area contributed by atoms with E-state index >= 15 is 0 Å². The summed E-state index contributed by atoms with van der Waals surface area (Å²) >= 11 is 0. The van der Waals surface area contributed by atoms with Gasteiger partial charge in [-0.3, -0.25) is 0 Å². The Kier molecular flexibility index (Phi) is 4.65. The van der Waals surface area contributed by atoms with E-state index < -0.39 is 29.2 Å². The van der Waals surface area contributed by atoms with Gasteiger partial charge in [0.25, 0.3) is 0 Å². The number of hydrogen-bond donors (Lipinski definition) is 6. The lowest BCUT2D eigenvalue weighted by molar-refractivity contribution is 0.0906. The van der Waals surface area contributed by atoms with Crippen LogP contribution in [-0.2, 0) is 6.42 Å². The maximum atomic E-state index is 12.2. The first-order chi connectivity index (χ1) is 10.8. The number of phenolic OH excluding ortho intramolecular Hbond substituents is 5. The quantitative estimate of drug-likeness (QED) is 0.403. The van der Waals surface area contributed by atoms with Crippen molar-refractivity contribution in [2.45, 2.75) is 12.5 Å². The van der Waals surface area contributed by atoms with Gasteiger partial charge in [0, 0.05) is 36.2 Å². The second-order valence-electron chi connectivity index (χ2n) is 4.90. The van der Waals surface area contributed by atoms with Gasteiger partial charge in [-0.25, -0.2) is 4.39 Å². The SMILES string of the molecule is Oc1cc(F)cc(O)c1O.Oc1cc(O)c2c(c1)OCC(O)C2. The highest BCUT2D eigenvalue weighted by Gasteiger charge is 2.21. The lowest BCUT2D eigenvalue weighted by atomic mass is 10.0. The molecule has 0 amide bonds. The van der Waals surface area contributed by atoms with Crippen LogP contribution in [0.4, 0.5) is 4.39 Å². The number of fused-ring (bicyclic) bond motifs is 1. The Balaban J connectivity index is 0.000000174. The molecule has 2 aromatic carbocycles. The van der Waals surface area contributed by atoms with Crippen LogP contribution in [-0.4, -0.2) is 43.4 Å². The Bertz CT molecular complexity index is 694. The minimum Gasteiger partial charge on any atom is -0.508 e. The van der Waals surface area contributed by atoms with Crippen LogP contribution < -0.4 is 4.74 Å². The van der Waals surface area contributed by atoms with Gasteiger partial charge in [0.1, 0.15) is 29.7 Å². The number of aliphatic hydroxyl groups excluding tert-OH is 1. The molecular weight excluding hydrogens is 311 g/mol. The maximum Gasteiger partial charge on any atom is 0.200 e. The van der Waals surface area contributed by atoms with Crippen molar-refractivity contribution in [3.05, 3.63) is 35.6 Å². The molecule has 0 spiro atoms. The molecule has 6 N–H and O–H groups in total. The van der Waals surface area contributed by atoms with Crippen molar-refractivity contribution >= 4 is 0 Å². The lowest BCUT2D eigenvalue weighted by Crippen LogP contribution is -2.25. The summed E-state index contributed by atoms with van der Waals surface area (Å²) in [5, 5.41) is 53.7. The molecule has 23 heavy (non-hydrogen) atoms. The van der Waals surface area contributed by atoms with E-state index in [9.17, 15) is 14.6 Å². The number of rotatable bonds is 0. The fourth-order valence-corrected chi connectivity index (χ4v) is 2.00. The largest absolute Gasteiger partial charge is 0.508 e. The van der Waals surface area contributed by atoms with E-state index in [-0.39, 0.29) is 18.1 Å². The molecule has 7 nitrogen and oxygen atoms in total. The minimum absolute atomic E-state index is 0.0336. The van der Waals surface area contributed by atoms with Crippen molar-refractivity contribution in [1.82, 2.24) is 0 Å². The van der Waals surface area contributed by atoms with Gasteiger partial charge in [0.15, 0.2) is 17.2 Å². The van der Waals surface area contributed by atoms with Crippen LogP contribution in [0.3, 0.4) is 0 Å². The molecule has 0 saturated heterocycles. The van der Waals surface area contributed by atoms with Crippen LogP contribution in [0.5, 0.6) is 34.5 Å². The molecule has 0 aliphatic carbocycles. The van der Waals surface area contributed by atoms with E-state index in [0.717, 1.165) is 0 Å². The van der Waals surface area contributed by atoms with Crippen molar-refractivity contribution < 1.29 is 39.8 Å². The summed E-state index contributed by atoms with van der Waals surface area (Å²) in [6.07, 6.45) is -0.218. The molecular formula is C15H15FO7. The predicted molar refractivity (Wildman–Crippen MR) is 76.4 cm³/mol. The van der Waals surface area contributed by atoms with Gasteiger partial charge >= 0.3 is 0 Å². The fourth-order valence-electron chi connectivity index (χ4n) is 2.00. The summed E-state index contributed by atoms with van der Waals surface area (Å²) in [6, 6.07) is 4.07. The third-order valence-electron chi connectivity index (χ3n) is 3.08. The summed E-state index contributed by atoms with van der Waals surface area (Å²) in [7, 11) is 0. The van der Waals surface area contributed by atoms with Crippen molar-refractivity contribution in [1.29, 1.82) is 0 Å². The third-order valence-corrected chi connectivity index (χ3v) is 3.08. The van der Waals surface area contributed by atoms with Crippen LogP contribution in [0.25, 0.3) is 0 Å². The van der Waals surface area contributed by atoms with Gasteiger partial charge in [-0.2, -0.15) is 0 Å². The monoisotopic (exact) mass is 326 g/mol. The summed E-state index contributed by atoms with van der Waals surface area (Å²) < 4.78 is 17.3. The van der Waals surface area contributed by atoms with E-state index in [1.807, 2.05) is 0 Å². The summed E-state index contributed by atoms with van der Waals surface area (Å²) in [5.41, 5.74) is 0.552. The molecule has 0 radical (unpaired) electrons. The lowest BCUT2D eigenvalue weighted by Gasteiger charge is -2.22. The number of benzene rings is 2. The van der Waals surface area contributed by atoms with Gasteiger partial charge in [-0.1, -0.05) is 0 Å². The average molecular weight is 326 g/mol. The number of halogens is 1. The first-order valence-electron chi connectivity index (χ1n) is 6.54. The predicted octanol–water partition coefficient (Wildman–Crippen LogP) is 1.34. The van der Waals surface area contributed by atoms with Crippen LogP contribution in [0.15, 0.2) is 24.3 Å². The Morgan fingerprint density at radius 2 is 1.52 bits per heavy atom. The van der Waals surface area contributed by atoms with Gasteiger partial charge in [0.2, 0.25) is 0 Å². The Labute approximate surface area is 130 Å². The molecule has 0 saturated carbocycles. The molecule has 0 bridgehead atoms. The molecule has 2 aromatic rings. The fraction of sp³-hybridized carbons (Fsp3) is 0.200. The highest BCUT2D eigenvalue weighted by molar-refractivity contribution is 5.50. The van der Waals surface area contributed by atoms with Crippen LogP contribution in [0, 0.1) is 5.82 Å². The number of aromatic hydroxyl groups is 5. The van der Waals surface area contributed by atoms with Gasteiger partial charge < -0.3 is 35.4 Å². The topological polar surface area (TPSA) is 131 Å². The summed E-state index contributed by atoms with van der Waals surface area (Å²) in [4.78, 5) is 0. The van der Waals surface area contributed by atoms with Crippen LogP contribution >= 0.6 is 0 Å². The zero-order valence-electron chi connectivity index (χ0n) is 11.8. The maximum absolute atomic E-state index is 12.2. The molecule has 1 atom stereocenters. The number of aliphatic hydroxyl groups is 1. The van der Waals surface area contributed by atoms with Gasteiger partial charge in [0.05, 0.1) is 6.10 Å². The first kappa shape index (κ1) is 16.5. The van der Waals surface area contributed by atoms with Crippen LogP contribution in [0.1, 0.15) is 5.56 Å². The van der Waals surface area contributed by atoms with Crippen molar-refractivity contribution in [2.75, 3.05) is 6.61 Å². The molecule has 1 aliphatic heterocycles. The second kappa shape index (κ2) is 6.49. The van der Waals surface area contributed by atoms with Crippen LogP contribution in [0.2, 0.25) is 0 Å². The Hall–Kier alpha value is -2.87. The Morgan fingerprint density at radius 3 is 2.13 bits per heavy atom. The normalized spacial score (nSPS) is 15.8. The van der Waals surface area contributed by atoms with E-state index in [0.29, 0.717) is 29.9 Å². The molecule has 124 valence electrons. The minimum atomic E-state index is -0.798. The highest BCUT2D eigenvalue weighted by atomic mass is 19.1. The zero-order valence-corrected chi connectivity index (χ0v) is 11.8.